The van der Waals surface area contributed by atoms with Crippen molar-refractivity contribution in [1.29, 1.82) is 5.26 Å². The van der Waals surface area contributed by atoms with E-state index in [0.717, 1.165) is 82.8 Å². The predicted molar refractivity (Wildman–Crippen MR) is 226 cm³/mol. The average Bonchev–Trinajstić information content (AvgIpc) is 3.89. The van der Waals surface area contributed by atoms with Crippen LogP contribution < -0.4 is 0 Å². The highest BCUT2D eigenvalue weighted by Crippen LogP contribution is 2.43. The zero-order valence-electron chi connectivity index (χ0n) is 29.5. The van der Waals surface area contributed by atoms with Crippen LogP contribution in [0.3, 0.4) is 0 Å². The molecule has 3 heterocycles. The van der Waals surface area contributed by atoms with Gasteiger partial charge in [-0.25, -0.2) is 4.85 Å². The van der Waals surface area contributed by atoms with Crippen LogP contribution in [-0.4, -0.2) is 13.7 Å². The summed E-state index contributed by atoms with van der Waals surface area (Å²) < 4.78 is 6.99. The maximum Gasteiger partial charge on any atom is 0.195 e. The van der Waals surface area contributed by atoms with Gasteiger partial charge in [0.15, 0.2) is 5.69 Å². The van der Waals surface area contributed by atoms with Crippen molar-refractivity contribution in [1.82, 2.24) is 13.7 Å². The summed E-state index contributed by atoms with van der Waals surface area (Å²) in [5.74, 6) is 0. The smallest absolute Gasteiger partial charge is 0.195 e. The van der Waals surface area contributed by atoms with Crippen molar-refractivity contribution in [3.63, 3.8) is 0 Å². The molecule has 5 heteroatoms. The first-order valence-electron chi connectivity index (χ1n) is 18.3. The molecular formula is C50H29N5. The normalized spacial score (nSPS) is 11.6. The molecule has 0 aliphatic heterocycles. The van der Waals surface area contributed by atoms with E-state index in [4.69, 9.17) is 6.57 Å². The third kappa shape index (κ3) is 4.33. The lowest BCUT2D eigenvalue weighted by Crippen LogP contribution is -2.01. The van der Waals surface area contributed by atoms with Crippen LogP contribution in [-0.2, 0) is 0 Å². The van der Waals surface area contributed by atoms with Gasteiger partial charge in [-0.1, -0.05) is 115 Å². The summed E-state index contributed by atoms with van der Waals surface area (Å²) in [7, 11) is 0. The minimum atomic E-state index is 0.568. The van der Waals surface area contributed by atoms with Crippen LogP contribution in [0.25, 0.3) is 98.5 Å². The Kier molecular flexibility index (Phi) is 6.61. The first-order valence-corrected chi connectivity index (χ1v) is 18.3. The summed E-state index contributed by atoms with van der Waals surface area (Å²) in [6.45, 7) is 8.36. The fourth-order valence-corrected chi connectivity index (χ4v) is 8.88. The number of rotatable bonds is 4. The molecule has 0 aliphatic carbocycles. The molecule has 0 saturated carbocycles. The maximum absolute atomic E-state index is 10.1. The molecule has 8 aromatic carbocycles. The molecule has 55 heavy (non-hydrogen) atoms. The number of aromatic nitrogens is 3. The van der Waals surface area contributed by atoms with E-state index in [9.17, 15) is 5.26 Å². The third-order valence-corrected chi connectivity index (χ3v) is 11.1. The van der Waals surface area contributed by atoms with Gasteiger partial charge < -0.3 is 13.7 Å². The average molecular weight is 700 g/mol. The van der Waals surface area contributed by atoms with Gasteiger partial charge in [0.1, 0.15) is 0 Å². The molecule has 254 valence electrons. The van der Waals surface area contributed by atoms with E-state index in [2.05, 4.69) is 158 Å². The van der Waals surface area contributed by atoms with Gasteiger partial charge in [0.2, 0.25) is 0 Å². The molecule has 11 aromatic rings. The van der Waals surface area contributed by atoms with Crippen LogP contribution >= 0.6 is 0 Å². The van der Waals surface area contributed by atoms with E-state index < -0.39 is 0 Å². The summed E-state index contributed by atoms with van der Waals surface area (Å²) in [6.07, 6.45) is 0. The molecule has 0 aliphatic rings. The van der Waals surface area contributed by atoms with E-state index in [1.54, 1.807) is 0 Å². The minimum absolute atomic E-state index is 0.568. The fraction of sp³-hybridized carbons (Fsp3) is 0. The van der Waals surface area contributed by atoms with Crippen molar-refractivity contribution >= 4 is 71.1 Å². The monoisotopic (exact) mass is 699 g/mol. The zero-order chi connectivity index (χ0) is 36.6. The summed E-state index contributed by atoms with van der Waals surface area (Å²) in [5.41, 5.74) is 12.4. The van der Waals surface area contributed by atoms with E-state index in [-0.39, 0.29) is 0 Å². The number of nitriles is 1. The number of fused-ring (bicyclic) bond motifs is 9. The summed E-state index contributed by atoms with van der Waals surface area (Å²) in [6, 6.07) is 63.5. The summed E-state index contributed by atoms with van der Waals surface area (Å²) in [5, 5.41) is 16.8. The first-order chi connectivity index (χ1) is 27.2. The third-order valence-electron chi connectivity index (χ3n) is 11.1. The number of benzene rings is 8. The molecule has 0 amide bonds. The number of hydrogen-bond donors (Lipinski definition) is 0. The van der Waals surface area contributed by atoms with Crippen LogP contribution in [0.1, 0.15) is 5.56 Å². The molecule has 0 fully saturated rings. The van der Waals surface area contributed by atoms with Gasteiger partial charge in [-0.3, -0.25) is 0 Å². The lowest BCUT2D eigenvalue weighted by Gasteiger charge is -2.18. The lowest BCUT2D eigenvalue weighted by molar-refractivity contribution is 1.13. The van der Waals surface area contributed by atoms with Gasteiger partial charge in [0, 0.05) is 38.0 Å². The SMILES string of the molecule is [C-]#[N+]c1ccc(-n2c3ccccc3c3cccc(-n4c5ccccc5c5ccccc54)c32)cc1-c1ccccc1-n1c2ccccc2c2c(C#N)cccc21. The molecular weight excluding hydrogens is 671 g/mol. The molecule has 0 atom stereocenters. The quantitative estimate of drug-likeness (QED) is 0.169. The molecule has 11 rings (SSSR count). The minimum Gasteiger partial charge on any atom is -0.309 e. The van der Waals surface area contributed by atoms with Crippen molar-refractivity contribution < 1.29 is 0 Å². The van der Waals surface area contributed by atoms with Crippen LogP contribution in [0.2, 0.25) is 0 Å². The van der Waals surface area contributed by atoms with Crippen LogP contribution in [0, 0.1) is 17.9 Å². The molecule has 0 saturated heterocycles. The van der Waals surface area contributed by atoms with Gasteiger partial charge in [-0.2, -0.15) is 5.26 Å². The largest absolute Gasteiger partial charge is 0.309 e. The molecule has 0 radical (unpaired) electrons. The van der Waals surface area contributed by atoms with Crippen molar-refractivity contribution in [3.05, 3.63) is 193 Å². The van der Waals surface area contributed by atoms with Crippen molar-refractivity contribution in [2.45, 2.75) is 0 Å². The molecule has 5 nitrogen and oxygen atoms in total. The van der Waals surface area contributed by atoms with Crippen molar-refractivity contribution in [2.75, 3.05) is 0 Å². The van der Waals surface area contributed by atoms with Crippen molar-refractivity contribution in [2.24, 2.45) is 0 Å². The van der Waals surface area contributed by atoms with E-state index >= 15 is 0 Å². The topological polar surface area (TPSA) is 42.9 Å². The Balaban J connectivity index is 1.22. The van der Waals surface area contributed by atoms with Gasteiger partial charge in [-0.05, 0) is 71.8 Å². The second-order valence-corrected chi connectivity index (χ2v) is 13.9. The Morgan fingerprint density at radius 2 is 0.945 bits per heavy atom. The van der Waals surface area contributed by atoms with E-state index in [0.29, 0.717) is 11.3 Å². The number of hydrogen-bond acceptors (Lipinski definition) is 1. The zero-order valence-corrected chi connectivity index (χ0v) is 29.5. The van der Waals surface area contributed by atoms with Gasteiger partial charge in [-0.15, -0.1) is 0 Å². The molecule has 0 N–H and O–H groups in total. The van der Waals surface area contributed by atoms with Gasteiger partial charge in [0.05, 0.1) is 62.7 Å². The Bertz CT molecular complexity index is 3420. The first kappa shape index (κ1) is 30.7. The molecule has 0 spiro atoms. The predicted octanol–water partition coefficient (Wildman–Crippen LogP) is 13.1. The molecule has 0 unspecified atom stereocenters. The van der Waals surface area contributed by atoms with Crippen LogP contribution in [0.15, 0.2) is 176 Å². The lowest BCUT2D eigenvalue weighted by atomic mass is 10.0. The Morgan fingerprint density at radius 1 is 0.436 bits per heavy atom. The highest BCUT2D eigenvalue weighted by atomic mass is 15.1. The number of para-hydroxylation sites is 6. The highest BCUT2D eigenvalue weighted by molar-refractivity contribution is 6.15. The second kappa shape index (κ2) is 11.8. The van der Waals surface area contributed by atoms with E-state index in [1.807, 2.05) is 42.5 Å². The standard InChI is InChI=1S/C50H29N5/c1-52-41-29-28-33(30-40(41)37-18-5-10-24-45(37)54-46-25-11-6-19-39(46)49-32(31-51)14-12-26-47(49)54)53-42-21-7-4-17-36(42)38-20-13-27-48(50(38)53)55-43-22-8-2-15-34(43)35-16-3-9-23-44(35)55/h2-30H. The van der Waals surface area contributed by atoms with Crippen LogP contribution in [0.5, 0.6) is 0 Å². The summed E-state index contributed by atoms with van der Waals surface area (Å²) in [4.78, 5) is 4.08. The van der Waals surface area contributed by atoms with E-state index in [1.165, 1.54) is 10.8 Å². The Labute approximate surface area is 316 Å². The van der Waals surface area contributed by atoms with Gasteiger partial charge in [0.25, 0.3) is 0 Å². The second-order valence-electron chi connectivity index (χ2n) is 13.9. The van der Waals surface area contributed by atoms with Crippen LogP contribution in [0.4, 0.5) is 5.69 Å². The molecule has 0 bridgehead atoms. The fourth-order valence-electron chi connectivity index (χ4n) is 8.88. The van der Waals surface area contributed by atoms with Gasteiger partial charge >= 0.3 is 0 Å². The van der Waals surface area contributed by atoms with Crippen molar-refractivity contribution in [3.8, 4) is 34.3 Å². The maximum atomic E-state index is 10.1. The Hall–Kier alpha value is -7.86. The molecule has 3 aromatic heterocycles. The highest BCUT2D eigenvalue weighted by Gasteiger charge is 2.22. The summed E-state index contributed by atoms with van der Waals surface area (Å²) >= 11 is 0. The number of nitrogens with zero attached hydrogens (tertiary/aromatic N) is 5. The Morgan fingerprint density at radius 3 is 1.64 bits per heavy atom.